The molecule has 4 rings (SSSR count). The van der Waals surface area contributed by atoms with Crippen molar-refractivity contribution in [2.45, 2.75) is 64.0 Å². The fourth-order valence-electron chi connectivity index (χ4n) is 5.06. The molecule has 0 radical (unpaired) electrons. The number of carbonyl (C=O) groups is 2. The lowest BCUT2D eigenvalue weighted by molar-refractivity contribution is -0.178. The average Bonchev–Trinajstić information content (AvgIpc) is 3.29. The number of aliphatic hydroxyl groups excluding tert-OH is 1. The van der Waals surface area contributed by atoms with Gasteiger partial charge in [-0.15, -0.1) is 11.3 Å². The third-order valence-corrected chi connectivity index (χ3v) is 8.37. The van der Waals surface area contributed by atoms with Crippen molar-refractivity contribution in [3.63, 3.8) is 0 Å². The average molecular weight is 563 g/mol. The minimum Gasteiger partial charge on any atom is -0.466 e. The molecule has 2 unspecified atom stereocenters. The van der Waals surface area contributed by atoms with Crippen LogP contribution in [0, 0.1) is 0 Å². The molecular weight excluding hydrogens is 529 g/mol. The maximum atomic E-state index is 13.4. The van der Waals surface area contributed by atoms with Crippen LogP contribution in [-0.4, -0.2) is 58.2 Å². The van der Waals surface area contributed by atoms with Crippen LogP contribution in [0.3, 0.4) is 0 Å². The number of fused-ring (bicyclic) bond motifs is 1. The summed E-state index contributed by atoms with van der Waals surface area (Å²) in [6.45, 7) is 4.79. The van der Waals surface area contributed by atoms with Crippen LogP contribution in [-0.2, 0) is 33.5 Å². The van der Waals surface area contributed by atoms with Crippen LogP contribution in [0.2, 0.25) is 0 Å². The van der Waals surface area contributed by atoms with Gasteiger partial charge in [0.25, 0.3) is 0 Å². The van der Waals surface area contributed by atoms with Gasteiger partial charge in [0.1, 0.15) is 6.23 Å². The molecule has 3 aromatic rings. The van der Waals surface area contributed by atoms with E-state index in [0.717, 1.165) is 27.8 Å². The summed E-state index contributed by atoms with van der Waals surface area (Å²) in [5.74, 6) is -0.441. The quantitative estimate of drug-likeness (QED) is 0.243. The van der Waals surface area contributed by atoms with Gasteiger partial charge in [0, 0.05) is 30.8 Å². The number of nitrogens with zero attached hydrogens (tertiary/aromatic N) is 2. The number of thiophene rings is 1. The molecular formula is C29H33F3N2O4S. The number of aliphatic hydroxyl groups is 1. The minimum absolute atomic E-state index is 0.0904. The molecule has 0 saturated carbocycles. The van der Waals surface area contributed by atoms with Crippen LogP contribution >= 0.6 is 11.3 Å². The molecule has 0 bridgehead atoms. The Morgan fingerprint density at radius 3 is 2.54 bits per heavy atom. The summed E-state index contributed by atoms with van der Waals surface area (Å²) in [6, 6.07) is 12.7. The van der Waals surface area contributed by atoms with E-state index in [0.29, 0.717) is 31.5 Å². The smallest absolute Gasteiger partial charge is 0.416 e. The number of halogens is 3. The molecule has 0 aliphatic carbocycles. The number of hydrogen-bond acceptors (Lipinski definition) is 6. The Hall–Kier alpha value is -2.95. The Morgan fingerprint density at radius 2 is 1.90 bits per heavy atom. The van der Waals surface area contributed by atoms with Gasteiger partial charge in [-0.05, 0) is 66.8 Å². The van der Waals surface area contributed by atoms with E-state index in [1.54, 1.807) is 28.1 Å². The van der Waals surface area contributed by atoms with E-state index in [4.69, 9.17) is 4.74 Å². The van der Waals surface area contributed by atoms with E-state index in [1.807, 2.05) is 36.6 Å². The Balaban J connectivity index is 1.49. The summed E-state index contributed by atoms with van der Waals surface area (Å²) >= 11 is 1.59. The predicted octanol–water partition coefficient (Wildman–Crippen LogP) is 5.62. The van der Waals surface area contributed by atoms with E-state index in [-0.39, 0.29) is 37.9 Å². The lowest BCUT2D eigenvalue weighted by Gasteiger charge is -2.55. The lowest BCUT2D eigenvalue weighted by atomic mass is 9.83. The van der Waals surface area contributed by atoms with E-state index < -0.39 is 23.5 Å². The van der Waals surface area contributed by atoms with Gasteiger partial charge < -0.3 is 14.7 Å². The van der Waals surface area contributed by atoms with Crippen LogP contribution < -0.4 is 0 Å². The van der Waals surface area contributed by atoms with E-state index >= 15 is 0 Å². The molecule has 2 aromatic carbocycles. The van der Waals surface area contributed by atoms with Gasteiger partial charge in [-0.1, -0.05) is 30.3 Å². The molecule has 6 nitrogen and oxygen atoms in total. The first kappa shape index (κ1) is 29.0. The predicted molar refractivity (Wildman–Crippen MR) is 144 cm³/mol. The second-order valence-electron chi connectivity index (χ2n) is 10.0. The van der Waals surface area contributed by atoms with Crippen molar-refractivity contribution < 1.29 is 32.6 Å². The SMILES string of the molecule is CCOC(=O)CCCN(Cc1ccc(C(F)(F)F)cc1)C(O)C1(C)CCN1C(=O)Cc1csc2ccccc12. The molecule has 1 aromatic heterocycles. The maximum absolute atomic E-state index is 13.4. The molecule has 1 N–H and O–H groups in total. The standard InChI is InChI=1S/C29H33F3N2O4S/c1-3-38-26(36)9-6-15-33(18-20-10-12-22(13-11-20)29(30,31)32)27(37)28(2)14-16-34(28)25(35)17-21-19-39-24-8-5-4-7-23(21)24/h4-5,7-8,10-13,19,27,37H,3,6,9,14-18H2,1-2H3. The van der Waals surface area contributed by atoms with Crippen molar-refractivity contribution in [1.82, 2.24) is 9.80 Å². The fraction of sp³-hybridized carbons (Fsp3) is 0.448. The summed E-state index contributed by atoms with van der Waals surface area (Å²) < 4.78 is 45.2. The van der Waals surface area contributed by atoms with Crippen molar-refractivity contribution in [2.75, 3.05) is 19.7 Å². The minimum atomic E-state index is -4.44. The van der Waals surface area contributed by atoms with Crippen molar-refractivity contribution in [3.05, 3.63) is 70.6 Å². The summed E-state index contributed by atoms with van der Waals surface area (Å²) in [7, 11) is 0. The number of amides is 1. The number of likely N-dealkylation sites (tertiary alicyclic amines) is 1. The van der Waals surface area contributed by atoms with Crippen LogP contribution in [0.25, 0.3) is 10.1 Å². The van der Waals surface area contributed by atoms with E-state index in [1.165, 1.54) is 12.1 Å². The molecule has 10 heteroatoms. The number of carbonyl (C=O) groups excluding carboxylic acids is 2. The van der Waals surface area contributed by atoms with Crippen molar-refractivity contribution >= 4 is 33.3 Å². The molecule has 1 aliphatic rings. The number of esters is 1. The van der Waals surface area contributed by atoms with Crippen LogP contribution in [0.15, 0.2) is 53.9 Å². The highest BCUT2D eigenvalue weighted by Crippen LogP contribution is 2.37. The fourth-order valence-corrected chi connectivity index (χ4v) is 6.02. The Morgan fingerprint density at radius 1 is 1.18 bits per heavy atom. The van der Waals surface area contributed by atoms with Gasteiger partial charge in [-0.25, -0.2) is 0 Å². The van der Waals surface area contributed by atoms with Crippen LogP contribution in [0.5, 0.6) is 0 Å². The van der Waals surface area contributed by atoms with Gasteiger partial charge in [-0.3, -0.25) is 14.5 Å². The van der Waals surface area contributed by atoms with Crippen molar-refractivity contribution in [1.29, 1.82) is 0 Å². The molecule has 2 atom stereocenters. The number of alkyl halides is 3. The third kappa shape index (κ3) is 6.62. The lowest BCUT2D eigenvalue weighted by Crippen LogP contribution is -2.70. The first-order chi connectivity index (χ1) is 18.5. The molecule has 0 spiro atoms. The van der Waals surface area contributed by atoms with Gasteiger partial charge in [0.05, 0.1) is 24.1 Å². The number of hydrogen-bond donors (Lipinski definition) is 1. The summed E-state index contributed by atoms with van der Waals surface area (Å²) in [5.41, 5.74) is -0.0906. The highest BCUT2D eigenvalue weighted by molar-refractivity contribution is 7.17. The number of benzene rings is 2. The third-order valence-electron chi connectivity index (χ3n) is 7.36. The Kier molecular flexibility index (Phi) is 8.98. The number of rotatable bonds is 11. The normalized spacial score (nSPS) is 18.3. The zero-order valence-corrected chi connectivity index (χ0v) is 22.9. The van der Waals surface area contributed by atoms with Gasteiger partial charge in [0.15, 0.2) is 0 Å². The Bertz CT molecular complexity index is 1290. The molecule has 1 saturated heterocycles. The van der Waals surface area contributed by atoms with E-state index in [9.17, 15) is 27.9 Å². The molecule has 1 amide bonds. The molecule has 210 valence electrons. The molecule has 2 heterocycles. The van der Waals surface area contributed by atoms with Crippen molar-refractivity contribution in [3.8, 4) is 0 Å². The van der Waals surface area contributed by atoms with Gasteiger partial charge in [0.2, 0.25) is 5.91 Å². The molecule has 1 aliphatic heterocycles. The van der Waals surface area contributed by atoms with Gasteiger partial charge >= 0.3 is 12.1 Å². The first-order valence-corrected chi connectivity index (χ1v) is 13.9. The van der Waals surface area contributed by atoms with E-state index in [2.05, 4.69) is 0 Å². The Labute approximate surface area is 230 Å². The zero-order valence-electron chi connectivity index (χ0n) is 22.0. The van der Waals surface area contributed by atoms with Gasteiger partial charge in [-0.2, -0.15) is 13.2 Å². The second-order valence-corrected chi connectivity index (χ2v) is 10.9. The highest BCUT2D eigenvalue weighted by atomic mass is 32.1. The topological polar surface area (TPSA) is 70.1 Å². The monoisotopic (exact) mass is 562 g/mol. The summed E-state index contributed by atoms with van der Waals surface area (Å²) in [4.78, 5) is 28.7. The summed E-state index contributed by atoms with van der Waals surface area (Å²) in [5, 5.41) is 14.6. The largest absolute Gasteiger partial charge is 0.466 e. The van der Waals surface area contributed by atoms with Crippen LogP contribution in [0.4, 0.5) is 13.2 Å². The van der Waals surface area contributed by atoms with Crippen molar-refractivity contribution in [2.24, 2.45) is 0 Å². The second kappa shape index (κ2) is 12.1. The number of ether oxygens (including phenoxy) is 1. The zero-order chi connectivity index (χ0) is 28.2. The van der Waals surface area contributed by atoms with Crippen LogP contribution in [0.1, 0.15) is 49.8 Å². The maximum Gasteiger partial charge on any atom is 0.416 e. The first-order valence-electron chi connectivity index (χ1n) is 13.0. The highest BCUT2D eigenvalue weighted by Gasteiger charge is 2.50. The molecule has 39 heavy (non-hydrogen) atoms. The summed E-state index contributed by atoms with van der Waals surface area (Å²) in [6.07, 6.45) is -4.19. The molecule has 1 fully saturated rings.